The average molecular weight is 213 g/mol. The molecule has 0 fully saturated rings. The Morgan fingerprint density at radius 3 is 2.53 bits per heavy atom. The van der Waals surface area contributed by atoms with E-state index < -0.39 is 6.55 Å². The van der Waals surface area contributed by atoms with Crippen LogP contribution in [0.1, 0.15) is 26.0 Å². The van der Waals surface area contributed by atoms with E-state index in [1.165, 1.54) is 0 Å². The second-order valence-corrected chi connectivity index (χ2v) is 2.78. The predicted octanol–water partition coefficient (Wildman–Crippen LogP) is 3.16. The van der Waals surface area contributed by atoms with E-state index in [4.69, 9.17) is 0 Å². The maximum atomic E-state index is 12.3. The largest absolute Gasteiger partial charge is 0.321 e. The summed E-state index contributed by atoms with van der Waals surface area (Å²) in [4.78, 5) is 7.70. The van der Waals surface area contributed by atoms with Crippen LogP contribution in [0.25, 0.3) is 11.2 Å². The molecule has 0 aliphatic rings. The summed E-state index contributed by atoms with van der Waals surface area (Å²) in [5.74, 6) is 0. The summed E-state index contributed by atoms with van der Waals surface area (Å²) in [5.41, 5.74) is 1.63. The molecule has 0 radical (unpaired) electrons. The molecule has 3 nitrogen and oxygen atoms in total. The van der Waals surface area contributed by atoms with E-state index >= 15 is 0 Å². The van der Waals surface area contributed by atoms with Crippen LogP contribution in [0.3, 0.4) is 0 Å². The molecule has 0 bridgehead atoms. The zero-order chi connectivity index (χ0) is 11.4. The van der Waals surface area contributed by atoms with E-state index in [0.29, 0.717) is 5.52 Å². The van der Waals surface area contributed by atoms with Gasteiger partial charge in [-0.3, -0.25) is 4.57 Å². The summed E-state index contributed by atoms with van der Waals surface area (Å²) in [7, 11) is 0. The minimum atomic E-state index is -2.58. The van der Waals surface area contributed by atoms with Gasteiger partial charge in [0.25, 0.3) is 0 Å². The molecule has 5 heteroatoms. The standard InChI is InChI=1S/C8H7F2N3.C2H6/c1-5-2-6-7(11-3-5)13(4-12-6)8(9)10;1-2/h2-4,8H,1H3;1-2H3. The van der Waals surface area contributed by atoms with Crippen LogP contribution in [0.15, 0.2) is 18.6 Å². The lowest BCUT2D eigenvalue weighted by atomic mass is 10.3. The molecule has 0 amide bonds. The summed E-state index contributed by atoms with van der Waals surface area (Å²) in [6.07, 6.45) is 2.64. The van der Waals surface area contributed by atoms with Crippen molar-refractivity contribution in [3.63, 3.8) is 0 Å². The zero-order valence-corrected chi connectivity index (χ0v) is 8.91. The van der Waals surface area contributed by atoms with Gasteiger partial charge >= 0.3 is 6.55 Å². The first-order valence-electron chi connectivity index (χ1n) is 4.76. The summed E-state index contributed by atoms with van der Waals surface area (Å²) < 4.78 is 25.4. The molecular formula is C10H13F2N3. The van der Waals surface area contributed by atoms with Crippen LogP contribution in [0.4, 0.5) is 8.78 Å². The molecule has 0 aliphatic carbocycles. The zero-order valence-electron chi connectivity index (χ0n) is 8.91. The highest BCUT2D eigenvalue weighted by molar-refractivity contribution is 5.71. The number of aryl methyl sites for hydroxylation is 1. The van der Waals surface area contributed by atoms with Crippen molar-refractivity contribution in [2.45, 2.75) is 27.3 Å². The highest BCUT2D eigenvalue weighted by atomic mass is 19.3. The van der Waals surface area contributed by atoms with E-state index in [1.54, 1.807) is 12.3 Å². The number of hydrogen-bond donors (Lipinski definition) is 0. The third kappa shape index (κ3) is 2.29. The topological polar surface area (TPSA) is 30.7 Å². The Labute approximate surface area is 86.8 Å². The molecule has 2 aromatic rings. The smallest absolute Gasteiger partial charge is 0.257 e. The number of halogens is 2. The molecule has 0 atom stereocenters. The summed E-state index contributed by atoms with van der Waals surface area (Å²) in [6, 6.07) is 1.72. The number of fused-ring (bicyclic) bond motifs is 1. The molecule has 0 unspecified atom stereocenters. The van der Waals surface area contributed by atoms with E-state index in [0.717, 1.165) is 16.5 Å². The quantitative estimate of drug-likeness (QED) is 0.728. The lowest BCUT2D eigenvalue weighted by Gasteiger charge is -1.99. The molecule has 2 heterocycles. The van der Waals surface area contributed by atoms with Crippen molar-refractivity contribution in [3.05, 3.63) is 24.2 Å². The fraction of sp³-hybridized carbons (Fsp3) is 0.400. The summed E-state index contributed by atoms with van der Waals surface area (Å²) in [5, 5.41) is 0. The van der Waals surface area contributed by atoms with Crippen LogP contribution in [-0.4, -0.2) is 14.5 Å². The van der Waals surface area contributed by atoms with Gasteiger partial charge in [-0.05, 0) is 18.6 Å². The van der Waals surface area contributed by atoms with E-state index in [2.05, 4.69) is 9.97 Å². The van der Waals surface area contributed by atoms with Gasteiger partial charge in [0.2, 0.25) is 0 Å². The van der Waals surface area contributed by atoms with Gasteiger partial charge in [-0.15, -0.1) is 0 Å². The summed E-state index contributed by atoms with van der Waals surface area (Å²) >= 11 is 0. The first-order chi connectivity index (χ1) is 7.18. The molecule has 0 saturated heterocycles. The lowest BCUT2D eigenvalue weighted by Crippen LogP contribution is -1.96. The van der Waals surface area contributed by atoms with Crippen molar-refractivity contribution >= 4 is 11.2 Å². The highest BCUT2D eigenvalue weighted by Crippen LogP contribution is 2.17. The van der Waals surface area contributed by atoms with Crippen LogP contribution in [-0.2, 0) is 0 Å². The Morgan fingerprint density at radius 2 is 1.93 bits per heavy atom. The summed E-state index contributed by atoms with van der Waals surface area (Å²) in [6.45, 7) is 3.26. The van der Waals surface area contributed by atoms with Gasteiger partial charge in [-0.25, -0.2) is 9.97 Å². The van der Waals surface area contributed by atoms with E-state index in [-0.39, 0.29) is 5.65 Å². The second kappa shape index (κ2) is 4.82. The molecule has 15 heavy (non-hydrogen) atoms. The van der Waals surface area contributed by atoms with Crippen LogP contribution >= 0.6 is 0 Å². The number of rotatable bonds is 1. The number of nitrogens with zero attached hydrogens (tertiary/aromatic N) is 3. The molecule has 0 N–H and O–H groups in total. The van der Waals surface area contributed by atoms with Crippen molar-refractivity contribution in [3.8, 4) is 0 Å². The lowest BCUT2D eigenvalue weighted by molar-refractivity contribution is 0.0740. The van der Waals surface area contributed by atoms with Crippen LogP contribution in [0.5, 0.6) is 0 Å². The van der Waals surface area contributed by atoms with Crippen molar-refractivity contribution in [1.82, 2.24) is 14.5 Å². The molecule has 2 aromatic heterocycles. The molecule has 0 aromatic carbocycles. The fourth-order valence-electron chi connectivity index (χ4n) is 1.16. The van der Waals surface area contributed by atoms with Gasteiger partial charge in [0.15, 0.2) is 5.65 Å². The Balaban J connectivity index is 0.000000531. The Morgan fingerprint density at radius 1 is 1.27 bits per heavy atom. The van der Waals surface area contributed by atoms with E-state index in [1.807, 2.05) is 20.8 Å². The Hall–Kier alpha value is -1.52. The molecular weight excluding hydrogens is 200 g/mol. The predicted molar refractivity (Wildman–Crippen MR) is 54.9 cm³/mol. The fourth-order valence-corrected chi connectivity index (χ4v) is 1.16. The van der Waals surface area contributed by atoms with Crippen molar-refractivity contribution in [1.29, 1.82) is 0 Å². The van der Waals surface area contributed by atoms with Gasteiger partial charge in [0, 0.05) is 6.20 Å². The third-order valence-corrected chi connectivity index (χ3v) is 1.76. The molecule has 0 aliphatic heterocycles. The maximum Gasteiger partial charge on any atom is 0.321 e. The SMILES string of the molecule is CC.Cc1cnc2c(c1)ncn2C(F)F. The van der Waals surface area contributed by atoms with Gasteiger partial charge in [-0.2, -0.15) is 8.78 Å². The highest BCUT2D eigenvalue weighted by Gasteiger charge is 2.10. The van der Waals surface area contributed by atoms with Crippen molar-refractivity contribution < 1.29 is 8.78 Å². The number of pyridine rings is 1. The van der Waals surface area contributed by atoms with Crippen LogP contribution in [0, 0.1) is 6.92 Å². The number of alkyl halides is 2. The van der Waals surface area contributed by atoms with Crippen LogP contribution in [0.2, 0.25) is 0 Å². The van der Waals surface area contributed by atoms with E-state index in [9.17, 15) is 8.78 Å². The maximum absolute atomic E-state index is 12.3. The monoisotopic (exact) mass is 213 g/mol. The Kier molecular flexibility index (Phi) is 3.71. The average Bonchev–Trinajstić information content (AvgIpc) is 2.63. The third-order valence-electron chi connectivity index (χ3n) is 1.76. The second-order valence-electron chi connectivity index (χ2n) is 2.78. The van der Waals surface area contributed by atoms with Gasteiger partial charge < -0.3 is 0 Å². The molecule has 0 saturated carbocycles. The Bertz CT molecular complexity index is 437. The first kappa shape index (κ1) is 11.6. The number of aromatic nitrogens is 3. The minimum absolute atomic E-state index is 0.223. The first-order valence-corrected chi connectivity index (χ1v) is 4.76. The van der Waals surface area contributed by atoms with Gasteiger partial charge in [0.1, 0.15) is 11.8 Å². The molecule has 82 valence electrons. The van der Waals surface area contributed by atoms with Crippen molar-refractivity contribution in [2.75, 3.05) is 0 Å². The normalized spacial score (nSPS) is 10.3. The molecule has 0 spiro atoms. The minimum Gasteiger partial charge on any atom is -0.257 e. The number of imidazole rings is 1. The van der Waals surface area contributed by atoms with Crippen molar-refractivity contribution in [2.24, 2.45) is 0 Å². The molecule has 2 rings (SSSR count). The number of hydrogen-bond acceptors (Lipinski definition) is 2. The van der Waals surface area contributed by atoms with Gasteiger partial charge in [-0.1, -0.05) is 13.8 Å². The van der Waals surface area contributed by atoms with Crippen LogP contribution < -0.4 is 0 Å². The van der Waals surface area contributed by atoms with Gasteiger partial charge in [0.05, 0.1) is 0 Å².